The van der Waals surface area contributed by atoms with Crippen LogP contribution >= 0.6 is 0 Å². The third-order valence-corrected chi connectivity index (χ3v) is 14.2. The van der Waals surface area contributed by atoms with Gasteiger partial charge >= 0.3 is 106 Å². The minimum absolute atomic E-state index is 1.21. The summed E-state index contributed by atoms with van der Waals surface area (Å²) in [4.78, 5) is 2.67. The first-order valence-electron chi connectivity index (χ1n) is 7.27. The minimum atomic E-state index is -2.87. The van der Waals surface area contributed by atoms with Gasteiger partial charge in [-0.05, 0) is 0 Å². The van der Waals surface area contributed by atoms with Crippen LogP contribution in [0.2, 0.25) is 25.6 Å². The number of likely N-dealkylation sites (tertiary alicyclic amines) is 1. The fourth-order valence-electron chi connectivity index (χ4n) is 3.15. The molecule has 1 aliphatic heterocycles. The molecule has 0 aromatic carbocycles. The molecule has 0 bridgehead atoms. The summed E-state index contributed by atoms with van der Waals surface area (Å²) in [6, 6.07) is 0. The van der Waals surface area contributed by atoms with Crippen LogP contribution in [-0.4, -0.2) is 24.5 Å². The second-order valence-corrected chi connectivity index (χ2v) is 28.5. The van der Waals surface area contributed by atoms with Gasteiger partial charge in [-0.15, -0.1) is 0 Å². The molecule has 2 rings (SSSR count). The predicted molar refractivity (Wildman–Crippen MR) is 75.8 cm³/mol. The van der Waals surface area contributed by atoms with Crippen LogP contribution in [0, 0.1) is 0 Å². The Balaban J connectivity index is 2.08. The van der Waals surface area contributed by atoms with E-state index in [0.717, 1.165) is 0 Å². The molecule has 1 fully saturated rings. The van der Waals surface area contributed by atoms with Gasteiger partial charge in [0.05, 0.1) is 0 Å². The van der Waals surface area contributed by atoms with Crippen LogP contribution in [0.3, 0.4) is 0 Å². The van der Waals surface area contributed by atoms with Gasteiger partial charge < -0.3 is 0 Å². The Bertz CT molecular complexity index is 362. The van der Waals surface area contributed by atoms with Crippen LogP contribution in [0.4, 0.5) is 0 Å². The molecule has 98 valence electrons. The van der Waals surface area contributed by atoms with E-state index in [4.69, 9.17) is 0 Å². The van der Waals surface area contributed by atoms with Crippen LogP contribution < -0.4 is 0 Å². The Labute approximate surface area is 105 Å². The maximum atomic E-state index is 2.67. The van der Waals surface area contributed by atoms with E-state index in [1.165, 1.54) is 43.6 Å². The number of rotatable bonds is 4. The van der Waals surface area contributed by atoms with Gasteiger partial charge in [-0.1, -0.05) is 0 Å². The summed E-state index contributed by atoms with van der Waals surface area (Å²) in [5, 5.41) is 10.5. The van der Waals surface area contributed by atoms with Gasteiger partial charge in [0, 0.05) is 0 Å². The zero-order valence-electron chi connectivity index (χ0n) is 12.1. The van der Waals surface area contributed by atoms with Crippen molar-refractivity contribution in [2.45, 2.75) is 44.9 Å². The van der Waals surface area contributed by atoms with E-state index in [0.29, 0.717) is 0 Å². The molecule has 1 aliphatic carbocycles. The topological polar surface area (TPSA) is 3.24 Å². The monoisotopic (exact) mass is 271 g/mol. The normalized spacial score (nSPS) is 25.8. The van der Waals surface area contributed by atoms with Crippen molar-refractivity contribution in [3.8, 4) is 0 Å². The quantitative estimate of drug-likeness (QED) is 0.666. The fourth-order valence-corrected chi connectivity index (χ4v) is 8.77. The first kappa shape index (κ1) is 13.6. The summed E-state index contributed by atoms with van der Waals surface area (Å²) >= 11 is -2.87. The molecule has 0 radical (unpaired) electrons. The number of hydrogen-bond acceptors (Lipinski definition) is 1. The molecule has 0 saturated carbocycles. The average molecular weight is 271 g/mol. The Morgan fingerprint density at radius 1 is 1.12 bits per heavy atom. The Morgan fingerprint density at radius 2 is 1.76 bits per heavy atom. The zero-order valence-corrected chi connectivity index (χ0v) is 13.7. The predicted octanol–water partition coefficient (Wildman–Crippen LogP) is 4.76. The number of hydrogen-bond donors (Lipinski definition) is 0. The fraction of sp³-hybridized carbons (Fsp3) is 0.733. The Morgan fingerprint density at radius 3 is 2.29 bits per heavy atom. The third kappa shape index (κ3) is 3.13. The molecule has 0 aromatic heterocycles. The van der Waals surface area contributed by atoms with Crippen LogP contribution in [0.1, 0.15) is 19.3 Å². The third-order valence-electron chi connectivity index (χ3n) is 5.03. The molecule has 0 N–H and O–H groups in total. The van der Waals surface area contributed by atoms with Gasteiger partial charge in [-0.2, -0.15) is 0 Å². The summed E-state index contributed by atoms with van der Waals surface area (Å²) in [5.74, 6) is 0. The molecule has 17 heavy (non-hydrogen) atoms. The van der Waals surface area contributed by atoms with E-state index in [-0.39, 0.29) is 0 Å². The van der Waals surface area contributed by atoms with E-state index in [2.05, 4.69) is 44.0 Å². The second-order valence-electron chi connectivity index (χ2n) is 9.21. The number of nitrogens with zero attached hydrogens (tertiary/aromatic N) is 1. The van der Waals surface area contributed by atoms with Crippen LogP contribution in [0.15, 0.2) is 22.1 Å². The molecule has 0 atom stereocenters. The maximum absolute atomic E-state index is 2.87. The molecule has 0 spiro atoms. The van der Waals surface area contributed by atoms with Crippen LogP contribution in [0.5, 0.6) is 0 Å². The van der Waals surface area contributed by atoms with Gasteiger partial charge in [0.15, 0.2) is 0 Å². The molecule has 0 unspecified atom stereocenters. The van der Waals surface area contributed by atoms with E-state index >= 15 is 0 Å². The molecule has 2 heteroatoms. The van der Waals surface area contributed by atoms with Crippen LogP contribution in [-0.2, 0) is 14.0 Å². The van der Waals surface area contributed by atoms with Crippen molar-refractivity contribution in [2.75, 3.05) is 19.6 Å². The van der Waals surface area contributed by atoms with Gasteiger partial charge in [-0.3, -0.25) is 0 Å². The SMILES string of the molecule is [CH3][Ti]([CH3])([CH3])([CH3])([CH2]CN1CCCC1)[C]1=CC=CC1. The first-order valence-corrected chi connectivity index (χ1v) is 15.4. The van der Waals surface area contributed by atoms with Crippen molar-refractivity contribution in [2.24, 2.45) is 0 Å². The first-order chi connectivity index (χ1) is 7.70. The average Bonchev–Trinajstić information content (AvgIpc) is 2.88. The summed E-state index contributed by atoms with van der Waals surface area (Å²) in [7, 11) is 0. The van der Waals surface area contributed by atoms with Crippen molar-refractivity contribution in [1.29, 1.82) is 0 Å². The van der Waals surface area contributed by atoms with E-state index in [9.17, 15) is 0 Å². The standard InChI is InChI=1S/C6H12N.C5H5.4CH3.Ti/c1-2-7-5-3-4-6-7;1-2-4-5-3-1;;;;;/h1-6H2;1-3H,4H2;4*1H3;. The molecule has 1 heterocycles. The van der Waals surface area contributed by atoms with Crippen LogP contribution in [0.25, 0.3) is 0 Å². The van der Waals surface area contributed by atoms with Gasteiger partial charge in [0.1, 0.15) is 0 Å². The second kappa shape index (κ2) is 3.82. The molecular weight excluding hydrogens is 242 g/mol. The van der Waals surface area contributed by atoms with E-state index in [1.807, 2.05) is 0 Å². The zero-order chi connectivity index (χ0) is 12.6. The van der Waals surface area contributed by atoms with Gasteiger partial charge in [-0.25, -0.2) is 0 Å². The van der Waals surface area contributed by atoms with Crippen molar-refractivity contribution in [3.05, 3.63) is 22.1 Å². The Kier molecular flexibility index (Phi) is 3.05. The van der Waals surface area contributed by atoms with Gasteiger partial charge in [0.2, 0.25) is 0 Å². The summed E-state index contributed by atoms with van der Waals surface area (Å²) < 4.78 is 3.19. The van der Waals surface area contributed by atoms with Crippen molar-refractivity contribution >= 4 is 0 Å². The summed E-state index contributed by atoms with van der Waals surface area (Å²) in [6.07, 6.45) is 11.0. The molecule has 2 aliphatic rings. The number of allylic oxidation sites excluding steroid dienone is 4. The molecule has 1 nitrogen and oxygen atoms in total. The van der Waals surface area contributed by atoms with Crippen molar-refractivity contribution in [3.63, 3.8) is 0 Å². The van der Waals surface area contributed by atoms with E-state index in [1.54, 1.807) is 3.88 Å². The van der Waals surface area contributed by atoms with E-state index < -0.39 is 14.0 Å². The summed E-state index contributed by atoms with van der Waals surface area (Å²) in [6.45, 7) is 3.99. The molecule has 0 amide bonds. The van der Waals surface area contributed by atoms with Crippen molar-refractivity contribution < 1.29 is 14.0 Å². The van der Waals surface area contributed by atoms with Gasteiger partial charge in [0.25, 0.3) is 0 Å². The van der Waals surface area contributed by atoms with Crippen molar-refractivity contribution in [1.82, 2.24) is 4.90 Å². The molecule has 0 aromatic rings. The molecule has 1 saturated heterocycles. The molecular formula is C15H29NTi. The summed E-state index contributed by atoms with van der Waals surface area (Å²) in [5.41, 5.74) is 0. The Hall–Kier alpha value is 0.154.